The topological polar surface area (TPSA) is 89.9 Å². The van der Waals surface area contributed by atoms with Gasteiger partial charge in [0, 0.05) is 20.0 Å². The lowest BCUT2D eigenvalue weighted by molar-refractivity contribution is -0.139. The molecular formula is C11H18N2O4. The highest BCUT2D eigenvalue weighted by Crippen LogP contribution is 1.97. The molecule has 0 aromatic heterocycles. The molecule has 96 valence electrons. The minimum Gasteiger partial charge on any atom is -0.480 e. The van der Waals surface area contributed by atoms with Crippen molar-refractivity contribution in [2.24, 2.45) is 0 Å². The van der Waals surface area contributed by atoms with Crippen LogP contribution >= 0.6 is 0 Å². The van der Waals surface area contributed by atoms with Crippen molar-refractivity contribution in [1.29, 1.82) is 0 Å². The van der Waals surface area contributed by atoms with Crippen LogP contribution in [0.25, 0.3) is 0 Å². The number of aliphatic hydroxyl groups is 1. The summed E-state index contributed by atoms with van der Waals surface area (Å²) in [6.07, 6.45) is 4.86. The van der Waals surface area contributed by atoms with Crippen LogP contribution < -0.4 is 5.32 Å². The molecule has 2 amide bonds. The van der Waals surface area contributed by atoms with Gasteiger partial charge in [-0.05, 0) is 13.3 Å². The van der Waals surface area contributed by atoms with Gasteiger partial charge in [0.15, 0.2) is 0 Å². The number of carboxylic acids is 1. The molecule has 0 radical (unpaired) electrons. The van der Waals surface area contributed by atoms with E-state index < -0.39 is 24.1 Å². The number of carbonyl (C=O) groups excluding carboxylic acids is 1. The number of terminal acetylenes is 1. The quantitative estimate of drug-likeness (QED) is 0.566. The van der Waals surface area contributed by atoms with Crippen LogP contribution in [0.1, 0.15) is 19.8 Å². The molecule has 0 fully saturated rings. The molecule has 2 atom stereocenters. The minimum atomic E-state index is -1.17. The zero-order valence-electron chi connectivity index (χ0n) is 10.0. The number of nitrogens with zero attached hydrogens (tertiary/aromatic N) is 1. The third-order valence-electron chi connectivity index (χ3n) is 2.15. The number of aliphatic hydroxyl groups excluding tert-OH is 1. The maximum absolute atomic E-state index is 11.5. The summed E-state index contributed by atoms with van der Waals surface area (Å²) in [5, 5.41) is 20.1. The normalized spacial score (nSPS) is 13.3. The molecule has 6 nitrogen and oxygen atoms in total. The lowest BCUT2D eigenvalue weighted by Gasteiger charge is -2.21. The van der Waals surface area contributed by atoms with Crippen molar-refractivity contribution in [3.63, 3.8) is 0 Å². The standard InChI is InChI=1S/C11H18N2O4/c1-4-5-9(10(15)16)12-11(17)13(3)7-6-8(2)14/h1,8-9,14H,5-7H2,2-3H3,(H,12,17)(H,15,16). The summed E-state index contributed by atoms with van der Waals surface area (Å²) in [5.74, 6) is 1.02. The van der Waals surface area contributed by atoms with Gasteiger partial charge in [0.2, 0.25) is 0 Å². The lowest BCUT2D eigenvalue weighted by Crippen LogP contribution is -2.47. The first-order chi connectivity index (χ1) is 7.88. The van der Waals surface area contributed by atoms with E-state index in [-0.39, 0.29) is 6.42 Å². The van der Waals surface area contributed by atoms with Gasteiger partial charge < -0.3 is 20.4 Å². The van der Waals surface area contributed by atoms with Crippen LogP contribution in [-0.2, 0) is 4.79 Å². The maximum atomic E-state index is 11.5. The smallest absolute Gasteiger partial charge is 0.327 e. The third kappa shape index (κ3) is 6.43. The first-order valence-electron chi connectivity index (χ1n) is 5.24. The van der Waals surface area contributed by atoms with Crippen LogP contribution in [0.2, 0.25) is 0 Å². The fourth-order valence-electron chi connectivity index (χ4n) is 1.06. The Balaban J connectivity index is 4.21. The van der Waals surface area contributed by atoms with Crippen molar-refractivity contribution in [1.82, 2.24) is 10.2 Å². The van der Waals surface area contributed by atoms with Gasteiger partial charge in [0.1, 0.15) is 6.04 Å². The number of hydrogen-bond acceptors (Lipinski definition) is 3. The van der Waals surface area contributed by atoms with Crippen molar-refractivity contribution in [2.45, 2.75) is 31.9 Å². The Morgan fingerprint density at radius 2 is 2.12 bits per heavy atom. The van der Waals surface area contributed by atoms with Gasteiger partial charge in [0.05, 0.1) is 6.10 Å². The molecule has 0 aromatic rings. The Morgan fingerprint density at radius 1 is 1.53 bits per heavy atom. The molecule has 0 saturated heterocycles. The first kappa shape index (κ1) is 15.3. The number of aliphatic carboxylic acids is 1. The average molecular weight is 242 g/mol. The predicted molar refractivity (Wildman–Crippen MR) is 62.3 cm³/mol. The summed E-state index contributed by atoms with van der Waals surface area (Å²) in [5.41, 5.74) is 0. The molecule has 2 unspecified atom stereocenters. The number of urea groups is 1. The number of nitrogens with one attached hydrogen (secondary N) is 1. The van der Waals surface area contributed by atoms with E-state index >= 15 is 0 Å². The number of hydrogen-bond donors (Lipinski definition) is 3. The molecule has 0 aliphatic carbocycles. The fourth-order valence-corrected chi connectivity index (χ4v) is 1.06. The molecule has 0 saturated carbocycles. The van der Waals surface area contributed by atoms with Crippen molar-refractivity contribution >= 4 is 12.0 Å². The summed E-state index contributed by atoms with van der Waals surface area (Å²) in [6, 6.07) is -1.60. The van der Waals surface area contributed by atoms with E-state index in [0.717, 1.165) is 0 Å². The highest BCUT2D eigenvalue weighted by Gasteiger charge is 2.20. The van der Waals surface area contributed by atoms with Crippen molar-refractivity contribution in [3.8, 4) is 12.3 Å². The van der Waals surface area contributed by atoms with E-state index in [1.54, 1.807) is 6.92 Å². The van der Waals surface area contributed by atoms with Gasteiger partial charge in [0.25, 0.3) is 0 Å². The number of rotatable bonds is 6. The monoisotopic (exact) mass is 242 g/mol. The van der Waals surface area contributed by atoms with E-state index in [1.165, 1.54) is 11.9 Å². The van der Waals surface area contributed by atoms with Crippen LogP contribution in [0.4, 0.5) is 4.79 Å². The average Bonchev–Trinajstić information content (AvgIpc) is 2.24. The van der Waals surface area contributed by atoms with Gasteiger partial charge in [-0.2, -0.15) is 0 Å². The van der Waals surface area contributed by atoms with Gasteiger partial charge >= 0.3 is 12.0 Å². The van der Waals surface area contributed by atoms with E-state index in [9.17, 15) is 9.59 Å². The second-order valence-corrected chi connectivity index (χ2v) is 3.81. The summed E-state index contributed by atoms with van der Waals surface area (Å²) >= 11 is 0. The van der Waals surface area contributed by atoms with Crippen molar-refractivity contribution in [3.05, 3.63) is 0 Å². The molecule has 0 rings (SSSR count). The lowest BCUT2D eigenvalue weighted by atomic mass is 10.2. The van der Waals surface area contributed by atoms with Gasteiger partial charge in [-0.3, -0.25) is 0 Å². The van der Waals surface area contributed by atoms with E-state index in [1.807, 2.05) is 0 Å². The summed E-state index contributed by atoms with van der Waals surface area (Å²) < 4.78 is 0. The van der Waals surface area contributed by atoms with Gasteiger partial charge in [-0.1, -0.05) is 0 Å². The molecule has 0 heterocycles. The van der Waals surface area contributed by atoms with Gasteiger partial charge in [-0.25, -0.2) is 9.59 Å². The van der Waals surface area contributed by atoms with E-state index in [2.05, 4.69) is 11.2 Å². The Morgan fingerprint density at radius 3 is 2.53 bits per heavy atom. The maximum Gasteiger partial charge on any atom is 0.327 e. The Labute approximate surface area is 101 Å². The number of carboxylic acid groups (broad SMARTS) is 1. The summed E-state index contributed by atoms with van der Waals surface area (Å²) in [6.45, 7) is 1.95. The highest BCUT2D eigenvalue weighted by molar-refractivity contribution is 5.82. The largest absolute Gasteiger partial charge is 0.480 e. The zero-order chi connectivity index (χ0) is 13.4. The number of amides is 2. The van der Waals surface area contributed by atoms with Crippen LogP contribution in [0.15, 0.2) is 0 Å². The minimum absolute atomic E-state index is 0.0642. The fraction of sp³-hybridized carbons (Fsp3) is 0.636. The molecule has 6 heteroatoms. The Hall–Kier alpha value is -1.74. The van der Waals surface area contributed by atoms with E-state index in [0.29, 0.717) is 13.0 Å². The molecule has 0 spiro atoms. The second-order valence-electron chi connectivity index (χ2n) is 3.81. The predicted octanol–water partition coefficient (Wildman–Crippen LogP) is -0.125. The summed E-state index contributed by atoms with van der Waals surface area (Å²) in [7, 11) is 1.52. The zero-order valence-corrected chi connectivity index (χ0v) is 10.0. The summed E-state index contributed by atoms with van der Waals surface area (Å²) in [4.78, 5) is 23.6. The molecule has 0 bridgehead atoms. The van der Waals surface area contributed by atoms with Gasteiger partial charge in [-0.15, -0.1) is 12.3 Å². The number of carbonyl (C=O) groups is 2. The van der Waals surface area contributed by atoms with E-state index in [4.69, 9.17) is 16.6 Å². The first-order valence-corrected chi connectivity index (χ1v) is 5.24. The molecular weight excluding hydrogens is 224 g/mol. The van der Waals surface area contributed by atoms with Crippen LogP contribution in [-0.4, -0.2) is 52.9 Å². The van der Waals surface area contributed by atoms with Crippen LogP contribution in [0.3, 0.4) is 0 Å². The van der Waals surface area contributed by atoms with Crippen LogP contribution in [0.5, 0.6) is 0 Å². The van der Waals surface area contributed by atoms with Crippen LogP contribution in [0, 0.1) is 12.3 Å². The Bertz CT molecular complexity index is 309. The molecule has 3 N–H and O–H groups in total. The SMILES string of the molecule is C#CCC(NC(=O)N(C)CCC(C)O)C(=O)O. The second kappa shape index (κ2) is 7.52. The highest BCUT2D eigenvalue weighted by atomic mass is 16.4. The molecule has 17 heavy (non-hydrogen) atoms. The van der Waals surface area contributed by atoms with Crippen molar-refractivity contribution in [2.75, 3.05) is 13.6 Å². The Kier molecular flexibility index (Phi) is 6.75. The third-order valence-corrected chi connectivity index (χ3v) is 2.15. The molecule has 0 aliphatic rings. The molecule has 0 aliphatic heterocycles. The molecule has 0 aromatic carbocycles. The van der Waals surface area contributed by atoms with Crippen molar-refractivity contribution < 1.29 is 19.8 Å².